The standard InChI is InChI=1S/C25H35O/c1-2-3-4-5-6-7-8-9-10-11-15-22-26-25-20-18-24(19-21-25)23-16-13-12-14-17-23/h13-14,16-21H,2-11,15,22H2,1H3. The van der Waals surface area contributed by atoms with Gasteiger partial charge < -0.3 is 4.74 Å². The van der Waals surface area contributed by atoms with Crippen LogP contribution < -0.4 is 4.74 Å². The smallest absolute Gasteiger partial charge is 0.119 e. The Morgan fingerprint density at radius 3 is 1.69 bits per heavy atom. The molecule has 1 heteroatoms. The molecule has 0 aromatic heterocycles. The van der Waals surface area contributed by atoms with Crippen LogP contribution in [-0.4, -0.2) is 6.61 Å². The van der Waals surface area contributed by atoms with Gasteiger partial charge in [-0.15, -0.1) is 0 Å². The Labute approximate surface area is 160 Å². The van der Waals surface area contributed by atoms with E-state index in [0.717, 1.165) is 18.8 Å². The van der Waals surface area contributed by atoms with Gasteiger partial charge in [-0.2, -0.15) is 0 Å². The van der Waals surface area contributed by atoms with Gasteiger partial charge in [-0.1, -0.05) is 108 Å². The highest BCUT2D eigenvalue weighted by Gasteiger charge is 1.98. The molecule has 0 atom stereocenters. The van der Waals surface area contributed by atoms with E-state index in [9.17, 15) is 0 Å². The summed E-state index contributed by atoms with van der Waals surface area (Å²) in [6.45, 7) is 3.11. The van der Waals surface area contributed by atoms with Gasteiger partial charge in [0, 0.05) is 0 Å². The fraction of sp³-hybridized carbons (Fsp3) is 0.520. The van der Waals surface area contributed by atoms with E-state index in [4.69, 9.17) is 4.74 Å². The van der Waals surface area contributed by atoms with Crippen LogP contribution in [0, 0.1) is 6.07 Å². The lowest BCUT2D eigenvalue weighted by Crippen LogP contribution is -1.97. The molecule has 0 saturated carbocycles. The van der Waals surface area contributed by atoms with Gasteiger partial charge in [0.05, 0.1) is 6.61 Å². The maximum Gasteiger partial charge on any atom is 0.119 e. The topological polar surface area (TPSA) is 9.23 Å². The third-order valence-corrected chi connectivity index (χ3v) is 4.92. The molecule has 2 rings (SSSR count). The SMILES string of the molecule is CCCCCCCCCCCCCOc1ccc(-c2cc[c]cc2)cc1. The summed E-state index contributed by atoms with van der Waals surface area (Å²) in [5, 5.41) is 0. The van der Waals surface area contributed by atoms with Crippen molar-refractivity contribution in [3.63, 3.8) is 0 Å². The highest BCUT2D eigenvalue weighted by atomic mass is 16.5. The summed E-state index contributed by atoms with van der Waals surface area (Å²) in [6.07, 6.45) is 15.1. The van der Waals surface area contributed by atoms with Crippen molar-refractivity contribution in [1.82, 2.24) is 0 Å². The third kappa shape index (κ3) is 8.56. The molecule has 0 amide bonds. The zero-order valence-corrected chi connectivity index (χ0v) is 16.5. The summed E-state index contributed by atoms with van der Waals surface area (Å²) >= 11 is 0. The van der Waals surface area contributed by atoms with Crippen molar-refractivity contribution in [3.8, 4) is 16.9 Å². The molecule has 0 N–H and O–H groups in total. The van der Waals surface area contributed by atoms with E-state index in [1.165, 1.54) is 75.3 Å². The number of benzene rings is 2. The van der Waals surface area contributed by atoms with Crippen LogP contribution >= 0.6 is 0 Å². The quantitative estimate of drug-likeness (QED) is 0.315. The van der Waals surface area contributed by atoms with Gasteiger partial charge in [-0.25, -0.2) is 0 Å². The zero-order valence-electron chi connectivity index (χ0n) is 16.5. The van der Waals surface area contributed by atoms with Gasteiger partial charge in [-0.05, 0) is 35.7 Å². The number of hydrogen-bond acceptors (Lipinski definition) is 1. The molecule has 1 radical (unpaired) electrons. The number of rotatable bonds is 14. The molecule has 0 fully saturated rings. The Morgan fingerprint density at radius 2 is 1.12 bits per heavy atom. The summed E-state index contributed by atoms with van der Waals surface area (Å²) in [7, 11) is 0. The Morgan fingerprint density at radius 1 is 0.615 bits per heavy atom. The lowest BCUT2D eigenvalue weighted by Gasteiger charge is -2.07. The van der Waals surface area contributed by atoms with Gasteiger partial charge in [0.1, 0.15) is 5.75 Å². The molecule has 2 aromatic carbocycles. The lowest BCUT2D eigenvalue weighted by molar-refractivity contribution is 0.304. The van der Waals surface area contributed by atoms with E-state index in [0.29, 0.717) is 0 Å². The second kappa shape index (κ2) is 13.4. The Kier molecular flexibility index (Phi) is 10.6. The van der Waals surface area contributed by atoms with Crippen LogP contribution in [0.3, 0.4) is 0 Å². The van der Waals surface area contributed by atoms with Gasteiger partial charge in [0.25, 0.3) is 0 Å². The largest absolute Gasteiger partial charge is 0.494 e. The molecule has 0 unspecified atom stereocenters. The second-order valence-corrected chi connectivity index (χ2v) is 7.20. The van der Waals surface area contributed by atoms with Crippen molar-refractivity contribution in [3.05, 3.63) is 54.6 Å². The van der Waals surface area contributed by atoms with E-state index in [1.54, 1.807) is 0 Å². The third-order valence-electron chi connectivity index (χ3n) is 4.92. The first-order chi connectivity index (χ1) is 12.9. The van der Waals surface area contributed by atoms with Crippen LogP contribution in [0.5, 0.6) is 5.75 Å². The first kappa shape index (κ1) is 20.6. The summed E-state index contributed by atoms with van der Waals surface area (Å²) in [4.78, 5) is 0. The molecular weight excluding hydrogens is 316 g/mol. The summed E-state index contributed by atoms with van der Waals surface area (Å²) < 4.78 is 5.87. The summed E-state index contributed by atoms with van der Waals surface area (Å²) in [5.41, 5.74) is 2.45. The van der Waals surface area contributed by atoms with Crippen molar-refractivity contribution in [2.75, 3.05) is 6.61 Å². The Balaban J connectivity index is 1.47. The first-order valence-corrected chi connectivity index (χ1v) is 10.6. The van der Waals surface area contributed by atoms with E-state index >= 15 is 0 Å². The van der Waals surface area contributed by atoms with Crippen molar-refractivity contribution in [2.24, 2.45) is 0 Å². The lowest BCUT2D eigenvalue weighted by atomic mass is 10.1. The molecule has 0 aliphatic heterocycles. The minimum Gasteiger partial charge on any atom is -0.494 e. The van der Waals surface area contributed by atoms with E-state index < -0.39 is 0 Å². The maximum atomic E-state index is 5.87. The number of hydrogen-bond donors (Lipinski definition) is 0. The molecule has 0 spiro atoms. The number of ether oxygens (including phenoxy) is 1. The summed E-state index contributed by atoms with van der Waals surface area (Å²) in [5.74, 6) is 0.975. The maximum absolute atomic E-state index is 5.87. The van der Waals surface area contributed by atoms with Crippen LogP contribution in [0.2, 0.25) is 0 Å². The zero-order chi connectivity index (χ0) is 18.3. The van der Waals surface area contributed by atoms with Crippen molar-refractivity contribution in [2.45, 2.75) is 77.6 Å². The number of unbranched alkanes of at least 4 members (excludes halogenated alkanes) is 10. The van der Waals surface area contributed by atoms with Crippen LogP contribution in [-0.2, 0) is 0 Å². The van der Waals surface area contributed by atoms with Crippen molar-refractivity contribution in [1.29, 1.82) is 0 Å². The Hall–Kier alpha value is -1.76. The molecule has 0 aliphatic rings. The second-order valence-electron chi connectivity index (χ2n) is 7.20. The minimum atomic E-state index is 0.830. The molecule has 0 heterocycles. The average molecular weight is 352 g/mol. The molecule has 26 heavy (non-hydrogen) atoms. The van der Waals surface area contributed by atoms with Crippen LogP contribution in [0.15, 0.2) is 48.5 Å². The van der Waals surface area contributed by atoms with E-state index in [-0.39, 0.29) is 0 Å². The van der Waals surface area contributed by atoms with Gasteiger partial charge >= 0.3 is 0 Å². The highest BCUT2D eigenvalue weighted by molar-refractivity contribution is 5.63. The monoisotopic (exact) mass is 351 g/mol. The fourth-order valence-corrected chi connectivity index (χ4v) is 3.28. The van der Waals surface area contributed by atoms with Gasteiger partial charge in [0.2, 0.25) is 0 Å². The van der Waals surface area contributed by atoms with E-state index in [1.807, 2.05) is 12.1 Å². The minimum absolute atomic E-state index is 0.830. The molecule has 1 nitrogen and oxygen atoms in total. The normalized spacial score (nSPS) is 10.8. The van der Waals surface area contributed by atoms with Crippen LogP contribution in [0.25, 0.3) is 11.1 Å². The van der Waals surface area contributed by atoms with Gasteiger partial charge in [-0.3, -0.25) is 0 Å². The van der Waals surface area contributed by atoms with Crippen LogP contribution in [0.4, 0.5) is 0 Å². The molecule has 0 aliphatic carbocycles. The van der Waals surface area contributed by atoms with Crippen molar-refractivity contribution < 1.29 is 4.74 Å². The summed E-state index contributed by atoms with van der Waals surface area (Å²) in [6, 6.07) is 19.5. The molecule has 2 aromatic rings. The van der Waals surface area contributed by atoms with Gasteiger partial charge in [0.15, 0.2) is 0 Å². The fourth-order valence-electron chi connectivity index (χ4n) is 3.28. The highest BCUT2D eigenvalue weighted by Crippen LogP contribution is 2.22. The predicted octanol–water partition coefficient (Wildman–Crippen LogP) is 7.84. The average Bonchev–Trinajstić information content (AvgIpc) is 2.70. The van der Waals surface area contributed by atoms with Crippen LogP contribution in [0.1, 0.15) is 77.6 Å². The Bertz CT molecular complexity index is 558. The molecular formula is C25H35O. The van der Waals surface area contributed by atoms with Crippen molar-refractivity contribution >= 4 is 0 Å². The molecule has 141 valence electrons. The molecule has 0 bridgehead atoms. The molecule has 0 saturated heterocycles. The first-order valence-electron chi connectivity index (χ1n) is 10.6. The van der Waals surface area contributed by atoms with E-state index in [2.05, 4.69) is 49.4 Å². The predicted molar refractivity (Wildman–Crippen MR) is 113 cm³/mol.